The van der Waals surface area contributed by atoms with Gasteiger partial charge >= 0.3 is 0 Å². The van der Waals surface area contributed by atoms with Crippen molar-refractivity contribution >= 4 is 23.7 Å². The van der Waals surface area contributed by atoms with Crippen LogP contribution in [0.3, 0.4) is 0 Å². The van der Waals surface area contributed by atoms with E-state index in [1.54, 1.807) is 60.8 Å². The fourth-order valence-corrected chi connectivity index (χ4v) is 2.63. The van der Waals surface area contributed by atoms with Crippen molar-refractivity contribution in [3.05, 3.63) is 83.7 Å². The molecular weight excluding hydrogens is 384 g/mol. The number of nitrogens with zero attached hydrogens (tertiary/aromatic N) is 2. The first-order valence-electron chi connectivity index (χ1n) is 8.99. The van der Waals surface area contributed by atoms with Crippen LogP contribution in [-0.2, 0) is 0 Å². The van der Waals surface area contributed by atoms with Crippen LogP contribution in [0.25, 0.3) is 0 Å². The third-order valence-corrected chi connectivity index (χ3v) is 4.12. The zero-order valence-electron chi connectivity index (χ0n) is 16.5. The number of hydrogen-bond donors (Lipinski definition) is 2. The molecule has 2 aromatic carbocycles. The highest BCUT2D eigenvalue weighted by atomic mass is 16.5. The van der Waals surface area contributed by atoms with Crippen molar-refractivity contribution in [3.63, 3.8) is 0 Å². The van der Waals surface area contributed by atoms with Crippen molar-refractivity contribution in [1.29, 1.82) is 0 Å². The molecule has 2 amide bonds. The number of pyridine rings is 1. The smallest absolute Gasteiger partial charge is 0.273 e. The van der Waals surface area contributed by atoms with E-state index in [-0.39, 0.29) is 5.56 Å². The molecule has 3 rings (SSSR count). The Balaban J connectivity index is 1.74. The molecule has 0 aliphatic rings. The molecule has 0 fully saturated rings. The zero-order valence-corrected chi connectivity index (χ0v) is 16.5. The summed E-state index contributed by atoms with van der Waals surface area (Å²) < 4.78 is 10.4. The first kappa shape index (κ1) is 20.5. The molecule has 0 unspecified atom stereocenters. The average molecular weight is 404 g/mol. The summed E-state index contributed by atoms with van der Waals surface area (Å²) in [5.74, 6) is 0.0817. The Morgan fingerprint density at radius 1 is 0.933 bits per heavy atom. The summed E-state index contributed by atoms with van der Waals surface area (Å²) in [6.07, 6.45) is 3.06. The minimum Gasteiger partial charge on any atom is -0.493 e. The van der Waals surface area contributed by atoms with E-state index in [1.807, 2.05) is 6.07 Å². The van der Waals surface area contributed by atoms with E-state index in [4.69, 9.17) is 9.47 Å². The van der Waals surface area contributed by atoms with E-state index < -0.39 is 11.8 Å². The molecule has 2 N–H and O–H groups in total. The Morgan fingerprint density at radius 2 is 1.70 bits per heavy atom. The second kappa shape index (κ2) is 9.83. The number of amides is 2. The number of benzene rings is 2. The van der Waals surface area contributed by atoms with Gasteiger partial charge < -0.3 is 14.8 Å². The summed E-state index contributed by atoms with van der Waals surface area (Å²) in [5.41, 5.74) is 4.02. The third kappa shape index (κ3) is 4.99. The molecule has 0 saturated carbocycles. The summed E-state index contributed by atoms with van der Waals surface area (Å²) in [4.78, 5) is 29.3. The second-order valence-electron chi connectivity index (χ2n) is 6.02. The van der Waals surface area contributed by atoms with Crippen molar-refractivity contribution in [3.8, 4) is 11.5 Å². The van der Waals surface area contributed by atoms with Crippen LogP contribution in [0.2, 0.25) is 0 Å². The van der Waals surface area contributed by atoms with Gasteiger partial charge in [-0.15, -0.1) is 0 Å². The van der Waals surface area contributed by atoms with E-state index in [0.29, 0.717) is 28.4 Å². The van der Waals surface area contributed by atoms with Gasteiger partial charge in [-0.05, 0) is 42.5 Å². The standard InChI is InChI=1S/C22H20N4O4/c1-29-19-11-10-15(13-20(19)30-2)21(27)25-18-9-4-3-8-17(18)22(28)26-24-14-16-7-5-6-12-23-16/h3-14H,1-2H3,(H,25,27)(H,26,28)/b24-14-. The molecule has 0 spiro atoms. The first-order valence-corrected chi connectivity index (χ1v) is 8.99. The normalized spacial score (nSPS) is 10.5. The number of rotatable bonds is 7. The fraction of sp³-hybridized carbons (Fsp3) is 0.0909. The van der Waals surface area contributed by atoms with E-state index in [2.05, 4.69) is 20.8 Å². The maximum atomic E-state index is 12.7. The molecule has 0 atom stereocenters. The van der Waals surface area contributed by atoms with Crippen LogP contribution >= 0.6 is 0 Å². The summed E-state index contributed by atoms with van der Waals surface area (Å²) in [7, 11) is 3.01. The number of para-hydroxylation sites is 1. The van der Waals surface area contributed by atoms with Crippen molar-refractivity contribution in [1.82, 2.24) is 10.4 Å². The minimum absolute atomic E-state index is 0.268. The van der Waals surface area contributed by atoms with Gasteiger partial charge in [0.2, 0.25) is 0 Å². The average Bonchev–Trinajstić information content (AvgIpc) is 2.79. The van der Waals surface area contributed by atoms with Gasteiger partial charge in [-0.25, -0.2) is 5.43 Å². The van der Waals surface area contributed by atoms with Crippen LogP contribution < -0.4 is 20.2 Å². The molecule has 30 heavy (non-hydrogen) atoms. The molecule has 0 aliphatic carbocycles. The van der Waals surface area contributed by atoms with E-state index in [9.17, 15) is 9.59 Å². The number of methoxy groups -OCH3 is 2. The number of hydrazone groups is 1. The number of carbonyl (C=O) groups is 2. The number of ether oxygens (including phenoxy) is 2. The number of carbonyl (C=O) groups excluding carboxylic acids is 2. The highest BCUT2D eigenvalue weighted by Gasteiger charge is 2.15. The Kier molecular flexibility index (Phi) is 6.73. The van der Waals surface area contributed by atoms with E-state index in [0.717, 1.165) is 0 Å². The van der Waals surface area contributed by atoms with Gasteiger partial charge in [0.1, 0.15) is 0 Å². The molecule has 0 bridgehead atoms. The van der Waals surface area contributed by atoms with Gasteiger partial charge in [-0.3, -0.25) is 14.6 Å². The zero-order chi connectivity index (χ0) is 21.3. The quantitative estimate of drug-likeness (QED) is 0.465. The summed E-state index contributed by atoms with van der Waals surface area (Å²) in [6, 6.07) is 16.8. The Morgan fingerprint density at radius 3 is 2.43 bits per heavy atom. The van der Waals surface area contributed by atoms with Crippen LogP contribution in [0.15, 0.2) is 72.0 Å². The highest BCUT2D eigenvalue weighted by Crippen LogP contribution is 2.28. The van der Waals surface area contributed by atoms with E-state index >= 15 is 0 Å². The molecule has 152 valence electrons. The first-order chi connectivity index (χ1) is 14.6. The Labute approximate surface area is 173 Å². The Hall–Kier alpha value is -4.20. The van der Waals surface area contributed by atoms with Gasteiger partial charge in [0.15, 0.2) is 11.5 Å². The number of anilines is 1. The predicted molar refractivity (Wildman–Crippen MR) is 113 cm³/mol. The summed E-state index contributed by atoms with van der Waals surface area (Å²) in [5, 5.41) is 6.65. The molecule has 3 aromatic rings. The van der Waals surface area contributed by atoms with Crippen LogP contribution in [0, 0.1) is 0 Å². The van der Waals surface area contributed by atoms with Crippen molar-refractivity contribution in [2.45, 2.75) is 0 Å². The third-order valence-electron chi connectivity index (χ3n) is 4.12. The lowest BCUT2D eigenvalue weighted by Gasteiger charge is -2.12. The molecule has 8 heteroatoms. The molecule has 1 aromatic heterocycles. The Bertz CT molecular complexity index is 1070. The summed E-state index contributed by atoms with van der Waals surface area (Å²) in [6.45, 7) is 0. The van der Waals surface area contributed by atoms with Gasteiger partial charge in [0, 0.05) is 11.8 Å². The number of nitrogens with one attached hydrogen (secondary N) is 2. The molecular formula is C22H20N4O4. The minimum atomic E-state index is -0.467. The molecule has 0 aliphatic heterocycles. The summed E-state index contributed by atoms with van der Waals surface area (Å²) >= 11 is 0. The van der Waals surface area contributed by atoms with Gasteiger partial charge in [-0.1, -0.05) is 18.2 Å². The topological polar surface area (TPSA) is 102 Å². The van der Waals surface area contributed by atoms with Crippen molar-refractivity contribution in [2.75, 3.05) is 19.5 Å². The van der Waals surface area contributed by atoms with E-state index in [1.165, 1.54) is 20.4 Å². The number of aromatic nitrogens is 1. The molecule has 0 saturated heterocycles. The maximum Gasteiger partial charge on any atom is 0.273 e. The SMILES string of the molecule is COc1ccc(C(=O)Nc2ccccc2C(=O)N/N=C\c2ccccn2)cc1OC. The molecule has 1 heterocycles. The maximum absolute atomic E-state index is 12.7. The molecule has 8 nitrogen and oxygen atoms in total. The fourth-order valence-electron chi connectivity index (χ4n) is 2.63. The van der Waals surface area contributed by atoms with Gasteiger partial charge in [0.05, 0.1) is 37.4 Å². The van der Waals surface area contributed by atoms with Crippen LogP contribution in [0.5, 0.6) is 11.5 Å². The monoisotopic (exact) mass is 404 g/mol. The van der Waals surface area contributed by atoms with Gasteiger partial charge in [-0.2, -0.15) is 5.10 Å². The number of hydrogen-bond acceptors (Lipinski definition) is 6. The van der Waals surface area contributed by atoms with Gasteiger partial charge in [0.25, 0.3) is 11.8 Å². The van der Waals surface area contributed by atoms with Crippen LogP contribution in [0.4, 0.5) is 5.69 Å². The predicted octanol–water partition coefficient (Wildman–Crippen LogP) is 3.12. The lowest BCUT2D eigenvalue weighted by atomic mass is 10.1. The van der Waals surface area contributed by atoms with Crippen LogP contribution in [0.1, 0.15) is 26.4 Å². The second-order valence-corrected chi connectivity index (χ2v) is 6.02. The highest BCUT2D eigenvalue weighted by molar-refractivity contribution is 6.09. The van der Waals surface area contributed by atoms with Crippen molar-refractivity contribution in [2.24, 2.45) is 5.10 Å². The lowest BCUT2D eigenvalue weighted by molar-refractivity contribution is 0.0956. The van der Waals surface area contributed by atoms with Crippen molar-refractivity contribution < 1.29 is 19.1 Å². The largest absolute Gasteiger partial charge is 0.493 e. The lowest BCUT2D eigenvalue weighted by Crippen LogP contribution is -2.21. The molecule has 0 radical (unpaired) electrons. The van der Waals surface area contributed by atoms with Crippen LogP contribution in [-0.4, -0.2) is 37.2 Å².